The molecule has 1 fully saturated rings. The van der Waals surface area contributed by atoms with Crippen LogP contribution in [0.4, 0.5) is 17.2 Å². The Hall–Kier alpha value is -4.38. The molecule has 1 aliphatic heterocycles. The SMILES string of the molecule is O=C(C=CC(=O)OCCCN1CCOCC1)Nc1ccc2ncnc(Nc3ccc(Cc4ccncc4)c(Cl)c3)c2c1. The Labute approximate surface area is 248 Å². The van der Waals surface area contributed by atoms with Gasteiger partial charge in [-0.15, -0.1) is 0 Å². The number of aromatic nitrogens is 3. The fourth-order valence-electron chi connectivity index (χ4n) is 4.52. The molecule has 216 valence electrons. The highest BCUT2D eigenvalue weighted by Gasteiger charge is 2.11. The maximum Gasteiger partial charge on any atom is 0.330 e. The number of carbonyl (C=O) groups is 2. The second-order valence-electron chi connectivity index (χ2n) is 9.72. The van der Waals surface area contributed by atoms with E-state index >= 15 is 0 Å². The summed E-state index contributed by atoms with van der Waals surface area (Å²) in [6.45, 7) is 4.38. The maximum absolute atomic E-state index is 12.5. The largest absolute Gasteiger partial charge is 0.462 e. The second-order valence-corrected chi connectivity index (χ2v) is 10.1. The van der Waals surface area contributed by atoms with Crippen molar-refractivity contribution in [1.82, 2.24) is 19.9 Å². The second kappa shape index (κ2) is 14.5. The molecule has 0 unspecified atom stereocenters. The molecule has 42 heavy (non-hydrogen) atoms. The van der Waals surface area contributed by atoms with E-state index in [-0.39, 0.29) is 0 Å². The topological polar surface area (TPSA) is 119 Å². The minimum absolute atomic E-state index is 0.293. The Morgan fingerprint density at radius 3 is 2.62 bits per heavy atom. The van der Waals surface area contributed by atoms with Crippen LogP contribution in [0, 0.1) is 0 Å². The van der Waals surface area contributed by atoms with Crippen molar-refractivity contribution in [3.63, 3.8) is 0 Å². The fourth-order valence-corrected chi connectivity index (χ4v) is 4.77. The average Bonchev–Trinajstić information content (AvgIpc) is 3.01. The number of ether oxygens (including phenoxy) is 2. The number of fused-ring (bicyclic) bond motifs is 1. The summed E-state index contributed by atoms with van der Waals surface area (Å²) >= 11 is 6.58. The minimum Gasteiger partial charge on any atom is -0.462 e. The van der Waals surface area contributed by atoms with E-state index < -0.39 is 11.9 Å². The molecule has 0 bridgehead atoms. The molecule has 3 heterocycles. The summed E-state index contributed by atoms with van der Waals surface area (Å²) in [4.78, 5) is 39.5. The average molecular weight is 587 g/mol. The van der Waals surface area contributed by atoms with Crippen LogP contribution in [0.3, 0.4) is 0 Å². The molecule has 1 saturated heterocycles. The Kier molecular flexibility index (Phi) is 10.1. The highest BCUT2D eigenvalue weighted by molar-refractivity contribution is 6.31. The number of esters is 1. The molecule has 0 radical (unpaired) electrons. The number of anilines is 3. The van der Waals surface area contributed by atoms with Crippen LogP contribution in [0.5, 0.6) is 0 Å². The normalized spacial score (nSPS) is 13.7. The number of pyridine rings is 1. The van der Waals surface area contributed by atoms with Crippen LogP contribution in [0.25, 0.3) is 10.9 Å². The van der Waals surface area contributed by atoms with E-state index in [1.807, 2.05) is 30.3 Å². The van der Waals surface area contributed by atoms with E-state index in [0.717, 1.165) is 68.2 Å². The number of nitrogens with zero attached hydrogens (tertiary/aromatic N) is 4. The smallest absolute Gasteiger partial charge is 0.330 e. The molecule has 1 aliphatic rings. The quantitative estimate of drug-likeness (QED) is 0.145. The summed E-state index contributed by atoms with van der Waals surface area (Å²) in [5.74, 6) is -0.455. The summed E-state index contributed by atoms with van der Waals surface area (Å²) in [5, 5.41) is 7.41. The number of hydrogen-bond donors (Lipinski definition) is 2. The number of nitrogens with one attached hydrogen (secondary N) is 2. The van der Waals surface area contributed by atoms with Gasteiger partial charge in [-0.05, 0) is 66.4 Å². The van der Waals surface area contributed by atoms with Crippen molar-refractivity contribution in [2.24, 2.45) is 0 Å². The highest BCUT2D eigenvalue weighted by Crippen LogP contribution is 2.29. The van der Waals surface area contributed by atoms with Crippen molar-refractivity contribution in [3.8, 4) is 0 Å². The van der Waals surface area contributed by atoms with Crippen LogP contribution in [-0.4, -0.2) is 71.2 Å². The first kappa shape index (κ1) is 29.1. The van der Waals surface area contributed by atoms with E-state index in [0.29, 0.717) is 40.5 Å². The number of morpholine rings is 1. The molecule has 11 heteroatoms. The summed E-state index contributed by atoms with van der Waals surface area (Å²) in [5.41, 5.74) is 4.10. The first-order valence-electron chi connectivity index (χ1n) is 13.7. The van der Waals surface area contributed by atoms with Gasteiger partial charge in [-0.1, -0.05) is 17.7 Å². The first-order chi connectivity index (χ1) is 20.5. The van der Waals surface area contributed by atoms with Gasteiger partial charge in [-0.2, -0.15) is 0 Å². The summed E-state index contributed by atoms with van der Waals surface area (Å²) in [6.07, 6.45) is 8.70. The van der Waals surface area contributed by atoms with Crippen LogP contribution in [-0.2, 0) is 25.5 Å². The highest BCUT2D eigenvalue weighted by atomic mass is 35.5. The number of amides is 1. The predicted molar refractivity (Wildman–Crippen MR) is 162 cm³/mol. The zero-order valence-electron chi connectivity index (χ0n) is 23.0. The molecule has 0 spiro atoms. The van der Waals surface area contributed by atoms with E-state index in [9.17, 15) is 9.59 Å². The van der Waals surface area contributed by atoms with Crippen LogP contribution in [0.1, 0.15) is 17.5 Å². The van der Waals surface area contributed by atoms with Crippen LogP contribution < -0.4 is 10.6 Å². The number of benzene rings is 2. The number of hydrogen-bond acceptors (Lipinski definition) is 9. The number of halogens is 1. The molecule has 0 aliphatic carbocycles. The van der Waals surface area contributed by atoms with E-state index in [2.05, 4.69) is 30.5 Å². The first-order valence-corrected chi connectivity index (χ1v) is 14.1. The predicted octanol–water partition coefficient (Wildman–Crippen LogP) is 4.77. The lowest BCUT2D eigenvalue weighted by Gasteiger charge is -2.26. The maximum atomic E-state index is 12.5. The van der Waals surface area contributed by atoms with Gasteiger partial charge in [0.05, 0.1) is 25.3 Å². The molecular weight excluding hydrogens is 556 g/mol. The molecule has 2 aromatic heterocycles. The zero-order chi connectivity index (χ0) is 29.1. The van der Waals surface area contributed by atoms with Gasteiger partial charge in [-0.25, -0.2) is 14.8 Å². The minimum atomic E-state index is -0.559. The Balaban J connectivity index is 1.17. The summed E-state index contributed by atoms with van der Waals surface area (Å²) in [6, 6.07) is 15.0. The molecule has 10 nitrogen and oxygen atoms in total. The van der Waals surface area contributed by atoms with E-state index in [4.69, 9.17) is 21.1 Å². The number of rotatable bonds is 11. The van der Waals surface area contributed by atoms with Crippen molar-refractivity contribution >= 4 is 51.6 Å². The van der Waals surface area contributed by atoms with Gasteiger partial charge in [0.2, 0.25) is 5.91 Å². The lowest BCUT2D eigenvalue weighted by molar-refractivity contribution is -0.138. The third kappa shape index (κ3) is 8.32. The van der Waals surface area contributed by atoms with Crippen LogP contribution in [0.2, 0.25) is 5.02 Å². The Morgan fingerprint density at radius 1 is 1.00 bits per heavy atom. The van der Waals surface area contributed by atoms with Gasteiger partial charge in [0.25, 0.3) is 0 Å². The fraction of sp³-hybridized carbons (Fsp3) is 0.258. The lowest BCUT2D eigenvalue weighted by Crippen LogP contribution is -2.37. The van der Waals surface area contributed by atoms with Gasteiger partial charge in [0.15, 0.2) is 0 Å². The van der Waals surface area contributed by atoms with Crippen LogP contribution >= 0.6 is 11.6 Å². The lowest BCUT2D eigenvalue weighted by atomic mass is 10.1. The van der Waals surface area contributed by atoms with Crippen molar-refractivity contribution in [2.45, 2.75) is 12.8 Å². The van der Waals surface area contributed by atoms with E-state index in [1.165, 1.54) is 6.33 Å². The number of carbonyl (C=O) groups excluding carboxylic acids is 2. The van der Waals surface area contributed by atoms with E-state index in [1.54, 1.807) is 30.6 Å². The molecular formula is C31H31ClN6O4. The van der Waals surface area contributed by atoms with Gasteiger partial charge < -0.3 is 20.1 Å². The Morgan fingerprint density at radius 2 is 1.81 bits per heavy atom. The van der Waals surface area contributed by atoms with Gasteiger partial charge >= 0.3 is 5.97 Å². The molecule has 4 aromatic rings. The standard InChI is InChI=1S/C31H31ClN6O4/c32-27-20-25(3-2-23(27)18-22-8-10-33-11-9-22)37-31-26-19-24(4-5-28(26)34-21-35-31)36-29(39)6-7-30(40)42-15-1-12-38-13-16-41-17-14-38/h2-11,19-21H,1,12-18H2,(H,36,39)(H,34,35,37). The van der Waals surface area contributed by atoms with Gasteiger partial charge in [0, 0.05) is 66.0 Å². The molecule has 0 saturated carbocycles. The van der Waals surface area contributed by atoms with Gasteiger partial charge in [-0.3, -0.25) is 14.7 Å². The monoisotopic (exact) mass is 586 g/mol. The third-order valence-electron chi connectivity index (χ3n) is 6.70. The van der Waals surface area contributed by atoms with Crippen LogP contribution in [0.15, 0.2) is 79.4 Å². The molecule has 2 N–H and O–H groups in total. The Bertz CT molecular complexity index is 1560. The van der Waals surface area contributed by atoms with Crippen molar-refractivity contribution in [2.75, 3.05) is 50.1 Å². The van der Waals surface area contributed by atoms with Gasteiger partial charge in [0.1, 0.15) is 12.1 Å². The molecule has 0 atom stereocenters. The molecule has 2 aromatic carbocycles. The van der Waals surface area contributed by atoms with Crippen molar-refractivity contribution < 1.29 is 19.1 Å². The molecule has 1 amide bonds. The summed E-state index contributed by atoms with van der Waals surface area (Å²) in [7, 11) is 0. The summed E-state index contributed by atoms with van der Waals surface area (Å²) < 4.78 is 10.5. The van der Waals surface area contributed by atoms with Crippen molar-refractivity contribution in [1.29, 1.82) is 0 Å². The zero-order valence-corrected chi connectivity index (χ0v) is 23.7. The molecule has 5 rings (SSSR count). The van der Waals surface area contributed by atoms with Crippen molar-refractivity contribution in [3.05, 3.63) is 95.6 Å². The third-order valence-corrected chi connectivity index (χ3v) is 7.05.